The van der Waals surface area contributed by atoms with E-state index in [0.29, 0.717) is 18.0 Å². The first kappa shape index (κ1) is 12.1. The van der Waals surface area contributed by atoms with Gasteiger partial charge in [0.15, 0.2) is 4.67 Å². The van der Waals surface area contributed by atoms with Gasteiger partial charge in [0.25, 0.3) is 0 Å². The lowest BCUT2D eigenvalue weighted by atomic mass is 9.95. The number of nitrogens with zero attached hydrogens (tertiary/aromatic N) is 1. The highest BCUT2D eigenvalue weighted by molar-refractivity contribution is 9.10. The van der Waals surface area contributed by atoms with Crippen LogP contribution in [0.3, 0.4) is 0 Å². The van der Waals surface area contributed by atoms with Crippen LogP contribution in [0.25, 0.3) is 0 Å². The van der Waals surface area contributed by atoms with Gasteiger partial charge in [0.1, 0.15) is 5.76 Å². The maximum absolute atomic E-state index is 6.06. The van der Waals surface area contributed by atoms with Crippen molar-refractivity contribution in [1.82, 2.24) is 4.90 Å². The largest absolute Gasteiger partial charge is 0.453 e. The second kappa shape index (κ2) is 4.90. The van der Waals surface area contributed by atoms with Crippen molar-refractivity contribution >= 4 is 15.9 Å². The van der Waals surface area contributed by atoms with E-state index in [2.05, 4.69) is 34.7 Å². The van der Waals surface area contributed by atoms with Crippen LogP contribution in [0.2, 0.25) is 0 Å². The monoisotopic (exact) mass is 286 g/mol. The molecule has 1 aromatic rings. The summed E-state index contributed by atoms with van der Waals surface area (Å²) in [5.74, 6) is 1.68. The molecule has 1 aromatic heterocycles. The normalized spacial score (nSPS) is 29.2. The fourth-order valence-corrected chi connectivity index (χ4v) is 2.81. The summed E-state index contributed by atoms with van der Waals surface area (Å²) < 4.78 is 6.40. The van der Waals surface area contributed by atoms with E-state index in [1.807, 2.05) is 12.1 Å². The lowest BCUT2D eigenvalue weighted by Gasteiger charge is -2.37. The molecule has 0 aliphatic carbocycles. The second-order valence-corrected chi connectivity index (χ2v) is 5.65. The van der Waals surface area contributed by atoms with Gasteiger partial charge in [-0.15, -0.1) is 0 Å². The summed E-state index contributed by atoms with van der Waals surface area (Å²) in [7, 11) is 0. The first-order valence-electron chi connectivity index (χ1n) is 5.81. The highest BCUT2D eigenvalue weighted by atomic mass is 79.9. The number of hydrogen-bond acceptors (Lipinski definition) is 3. The number of furan rings is 1. The number of piperidine rings is 1. The molecule has 1 aliphatic heterocycles. The predicted octanol–water partition coefficient (Wildman–Crippen LogP) is 2.77. The van der Waals surface area contributed by atoms with Gasteiger partial charge in [0, 0.05) is 19.1 Å². The van der Waals surface area contributed by atoms with E-state index in [4.69, 9.17) is 10.2 Å². The molecule has 1 aliphatic rings. The fourth-order valence-electron chi connectivity index (χ4n) is 2.49. The van der Waals surface area contributed by atoms with Crippen molar-refractivity contribution in [2.24, 2.45) is 11.7 Å². The molecule has 3 atom stereocenters. The summed E-state index contributed by atoms with van der Waals surface area (Å²) >= 11 is 3.34. The summed E-state index contributed by atoms with van der Waals surface area (Å²) in [6, 6.07) is 4.57. The molecule has 2 rings (SSSR count). The minimum atomic E-state index is 0.296. The molecule has 16 heavy (non-hydrogen) atoms. The molecule has 1 saturated heterocycles. The summed E-state index contributed by atoms with van der Waals surface area (Å²) in [5, 5.41) is 0. The second-order valence-electron chi connectivity index (χ2n) is 4.87. The molecule has 0 saturated carbocycles. The van der Waals surface area contributed by atoms with Gasteiger partial charge >= 0.3 is 0 Å². The zero-order valence-electron chi connectivity index (χ0n) is 9.82. The van der Waals surface area contributed by atoms with Gasteiger partial charge in [-0.05, 0) is 47.3 Å². The van der Waals surface area contributed by atoms with Gasteiger partial charge < -0.3 is 10.2 Å². The maximum Gasteiger partial charge on any atom is 0.169 e. The van der Waals surface area contributed by atoms with Crippen LogP contribution in [0.4, 0.5) is 0 Å². The van der Waals surface area contributed by atoms with Crippen molar-refractivity contribution in [3.8, 4) is 0 Å². The van der Waals surface area contributed by atoms with E-state index < -0.39 is 0 Å². The molecule has 0 bridgehead atoms. The highest BCUT2D eigenvalue weighted by Crippen LogP contribution is 2.28. The molecule has 2 heterocycles. The molecular weight excluding hydrogens is 268 g/mol. The Bertz CT molecular complexity index is 343. The summed E-state index contributed by atoms with van der Waals surface area (Å²) in [6.07, 6.45) is 1.13. The van der Waals surface area contributed by atoms with E-state index >= 15 is 0 Å². The third-order valence-corrected chi connectivity index (χ3v) is 3.70. The number of likely N-dealkylation sites (tertiary alicyclic amines) is 1. The van der Waals surface area contributed by atoms with E-state index in [-0.39, 0.29) is 0 Å². The van der Waals surface area contributed by atoms with E-state index in [1.165, 1.54) is 0 Å². The zero-order chi connectivity index (χ0) is 11.7. The molecule has 90 valence electrons. The Balaban J connectivity index is 2.06. The lowest BCUT2D eigenvalue weighted by Crippen LogP contribution is -2.47. The molecule has 0 amide bonds. The minimum absolute atomic E-state index is 0.296. The van der Waals surface area contributed by atoms with Crippen molar-refractivity contribution in [3.05, 3.63) is 22.6 Å². The molecule has 1 fully saturated rings. The van der Waals surface area contributed by atoms with Crippen LogP contribution in [0.15, 0.2) is 21.2 Å². The number of nitrogens with two attached hydrogens (primary N) is 1. The third-order valence-electron chi connectivity index (χ3n) is 3.27. The Kier molecular flexibility index (Phi) is 3.72. The van der Waals surface area contributed by atoms with E-state index in [1.54, 1.807) is 0 Å². The number of halogens is 1. The highest BCUT2D eigenvalue weighted by Gasteiger charge is 2.27. The molecule has 0 radical (unpaired) electrons. The van der Waals surface area contributed by atoms with Crippen molar-refractivity contribution in [2.45, 2.75) is 32.4 Å². The SMILES string of the molecule is CC1CC(N)CN(C(C)c2ccc(Br)o2)C1. The van der Waals surface area contributed by atoms with Crippen LogP contribution in [0, 0.1) is 5.92 Å². The van der Waals surface area contributed by atoms with Crippen LogP contribution >= 0.6 is 15.9 Å². The lowest BCUT2D eigenvalue weighted by molar-refractivity contribution is 0.111. The topological polar surface area (TPSA) is 42.4 Å². The molecule has 0 spiro atoms. The average molecular weight is 287 g/mol. The van der Waals surface area contributed by atoms with Crippen LogP contribution in [-0.4, -0.2) is 24.0 Å². The molecule has 4 heteroatoms. The van der Waals surface area contributed by atoms with Crippen LogP contribution in [-0.2, 0) is 0 Å². The Labute approximate surface area is 105 Å². The van der Waals surface area contributed by atoms with E-state index in [0.717, 1.165) is 29.9 Å². The molecular formula is C12H19BrN2O. The zero-order valence-corrected chi connectivity index (χ0v) is 11.4. The summed E-state index contributed by atoms with van der Waals surface area (Å²) in [5.41, 5.74) is 6.06. The standard InChI is InChI=1S/C12H19BrN2O/c1-8-5-10(14)7-15(6-8)9(2)11-3-4-12(13)16-11/h3-4,8-10H,5-7,14H2,1-2H3. The molecule has 3 unspecified atom stereocenters. The minimum Gasteiger partial charge on any atom is -0.453 e. The van der Waals surface area contributed by atoms with Crippen LogP contribution in [0.1, 0.15) is 32.1 Å². The third kappa shape index (κ3) is 2.67. The molecule has 0 aromatic carbocycles. The Hall–Kier alpha value is -0.320. The van der Waals surface area contributed by atoms with Gasteiger partial charge in [0.05, 0.1) is 6.04 Å². The van der Waals surface area contributed by atoms with Gasteiger partial charge in [-0.25, -0.2) is 0 Å². The van der Waals surface area contributed by atoms with Crippen LogP contribution < -0.4 is 5.73 Å². The number of rotatable bonds is 2. The fraction of sp³-hybridized carbons (Fsp3) is 0.667. The van der Waals surface area contributed by atoms with Crippen molar-refractivity contribution in [2.75, 3.05) is 13.1 Å². The average Bonchev–Trinajstić information content (AvgIpc) is 2.62. The Morgan fingerprint density at radius 3 is 2.81 bits per heavy atom. The van der Waals surface area contributed by atoms with Crippen molar-refractivity contribution in [3.63, 3.8) is 0 Å². The first-order valence-corrected chi connectivity index (χ1v) is 6.60. The Morgan fingerprint density at radius 2 is 2.25 bits per heavy atom. The van der Waals surface area contributed by atoms with Crippen molar-refractivity contribution in [1.29, 1.82) is 0 Å². The summed E-state index contributed by atoms with van der Waals surface area (Å²) in [4.78, 5) is 2.41. The predicted molar refractivity (Wildman–Crippen MR) is 68.2 cm³/mol. The quantitative estimate of drug-likeness (QED) is 0.909. The van der Waals surface area contributed by atoms with E-state index in [9.17, 15) is 0 Å². The van der Waals surface area contributed by atoms with Crippen LogP contribution in [0.5, 0.6) is 0 Å². The molecule has 3 nitrogen and oxygen atoms in total. The van der Waals surface area contributed by atoms with Gasteiger partial charge in [-0.3, -0.25) is 4.90 Å². The Morgan fingerprint density at radius 1 is 1.50 bits per heavy atom. The van der Waals surface area contributed by atoms with Crippen molar-refractivity contribution < 1.29 is 4.42 Å². The van der Waals surface area contributed by atoms with Gasteiger partial charge in [-0.1, -0.05) is 6.92 Å². The summed E-state index contributed by atoms with van der Waals surface area (Å²) in [6.45, 7) is 6.50. The van der Waals surface area contributed by atoms with Gasteiger partial charge in [0.2, 0.25) is 0 Å². The van der Waals surface area contributed by atoms with Gasteiger partial charge in [-0.2, -0.15) is 0 Å². The molecule has 2 N–H and O–H groups in total. The maximum atomic E-state index is 6.06. The smallest absolute Gasteiger partial charge is 0.169 e. The number of hydrogen-bond donors (Lipinski definition) is 1. The first-order chi connectivity index (χ1) is 7.56.